The first-order valence-electron chi connectivity index (χ1n) is 12.5. The third-order valence-electron chi connectivity index (χ3n) is 7.92. The summed E-state index contributed by atoms with van der Waals surface area (Å²) in [6.07, 6.45) is -8.75. The SMILES string of the molecule is Cn1cc(-c2ccc(S(=O)(=O)[C@@H]3C[C@@H](C(=O)NC4(C#N)CC4)N(C(=O)C4(C(F)(F)F)CC4)C3)c(C(F)(F)F)c2)cn1. The van der Waals surface area contributed by atoms with E-state index in [1.54, 1.807) is 7.05 Å². The van der Waals surface area contributed by atoms with Gasteiger partial charge in [-0.25, -0.2) is 8.42 Å². The van der Waals surface area contributed by atoms with Crippen molar-refractivity contribution in [2.75, 3.05) is 6.54 Å². The van der Waals surface area contributed by atoms with Gasteiger partial charge in [-0.05, 0) is 49.8 Å². The molecule has 41 heavy (non-hydrogen) atoms. The summed E-state index contributed by atoms with van der Waals surface area (Å²) in [5.41, 5.74) is -5.27. The van der Waals surface area contributed by atoms with Gasteiger partial charge in [0.05, 0.1) is 28.0 Å². The summed E-state index contributed by atoms with van der Waals surface area (Å²) in [5, 5.41) is 13.8. The van der Waals surface area contributed by atoms with Crippen molar-refractivity contribution >= 4 is 21.7 Å². The molecule has 1 saturated heterocycles. The molecule has 1 aliphatic heterocycles. The first-order valence-corrected chi connectivity index (χ1v) is 14.0. The minimum absolute atomic E-state index is 0.0249. The highest BCUT2D eigenvalue weighted by molar-refractivity contribution is 7.92. The second kappa shape index (κ2) is 9.20. The lowest BCUT2D eigenvalue weighted by Gasteiger charge is -2.29. The first-order chi connectivity index (χ1) is 18.9. The number of hydrogen-bond acceptors (Lipinski definition) is 6. The van der Waals surface area contributed by atoms with Crippen LogP contribution in [0.1, 0.15) is 37.7 Å². The highest BCUT2D eigenvalue weighted by Gasteiger charge is 2.70. The number of carbonyl (C=O) groups excluding carboxylic acids is 2. The van der Waals surface area contributed by atoms with E-state index in [-0.39, 0.29) is 24.0 Å². The molecule has 2 heterocycles. The molecule has 2 aromatic rings. The predicted molar refractivity (Wildman–Crippen MR) is 128 cm³/mol. The van der Waals surface area contributed by atoms with Gasteiger partial charge in [0, 0.05) is 25.4 Å². The largest absolute Gasteiger partial charge is 0.417 e. The highest BCUT2D eigenvalue weighted by Crippen LogP contribution is 2.59. The second-order valence-corrected chi connectivity index (χ2v) is 12.9. The molecule has 0 unspecified atom stereocenters. The van der Waals surface area contributed by atoms with E-state index in [1.165, 1.54) is 17.1 Å². The van der Waals surface area contributed by atoms with Crippen LogP contribution in [0.4, 0.5) is 26.3 Å². The minimum atomic E-state index is -5.13. The van der Waals surface area contributed by atoms with E-state index in [4.69, 9.17) is 0 Å². The fourth-order valence-electron chi connectivity index (χ4n) is 5.15. The lowest BCUT2D eigenvalue weighted by Crippen LogP contribution is -2.53. The van der Waals surface area contributed by atoms with E-state index in [0.717, 1.165) is 12.1 Å². The van der Waals surface area contributed by atoms with Crippen LogP contribution in [0.2, 0.25) is 0 Å². The molecule has 0 spiro atoms. The van der Waals surface area contributed by atoms with E-state index >= 15 is 0 Å². The van der Waals surface area contributed by atoms with Crippen molar-refractivity contribution in [3.8, 4) is 17.2 Å². The van der Waals surface area contributed by atoms with Crippen molar-refractivity contribution in [1.82, 2.24) is 20.0 Å². The third kappa shape index (κ3) is 4.93. The van der Waals surface area contributed by atoms with E-state index in [0.29, 0.717) is 11.0 Å². The van der Waals surface area contributed by atoms with Crippen molar-refractivity contribution in [3.05, 3.63) is 36.2 Å². The number of nitrogens with one attached hydrogen (secondary N) is 1. The molecule has 3 fully saturated rings. The summed E-state index contributed by atoms with van der Waals surface area (Å²) in [7, 11) is -3.39. The minimum Gasteiger partial charge on any atom is -0.336 e. The van der Waals surface area contributed by atoms with Crippen LogP contribution in [-0.4, -0.2) is 64.5 Å². The maximum atomic E-state index is 14.1. The maximum Gasteiger partial charge on any atom is 0.417 e. The maximum absolute atomic E-state index is 14.1. The average Bonchev–Trinajstić information content (AvgIpc) is 3.77. The number of alkyl halides is 6. The van der Waals surface area contributed by atoms with E-state index in [2.05, 4.69) is 10.4 Å². The molecule has 2 atom stereocenters. The van der Waals surface area contributed by atoms with Gasteiger partial charge in [0.1, 0.15) is 17.0 Å². The smallest absolute Gasteiger partial charge is 0.336 e. The molecule has 3 aliphatic rings. The van der Waals surface area contributed by atoms with Crippen LogP contribution in [0.25, 0.3) is 11.1 Å². The van der Waals surface area contributed by atoms with Crippen LogP contribution in [0.15, 0.2) is 35.5 Å². The van der Waals surface area contributed by atoms with Gasteiger partial charge >= 0.3 is 12.4 Å². The van der Waals surface area contributed by atoms with Gasteiger partial charge in [0.2, 0.25) is 11.8 Å². The van der Waals surface area contributed by atoms with E-state index in [9.17, 15) is 49.6 Å². The first kappa shape index (κ1) is 28.9. The van der Waals surface area contributed by atoms with Crippen molar-refractivity contribution in [2.45, 2.75) is 66.2 Å². The molecule has 9 nitrogen and oxygen atoms in total. The number of nitriles is 1. The normalized spacial score (nSPS) is 23.1. The second-order valence-electron chi connectivity index (χ2n) is 10.8. The van der Waals surface area contributed by atoms with Crippen molar-refractivity contribution < 1.29 is 44.3 Å². The molecule has 1 aromatic heterocycles. The molecule has 5 rings (SSSR count). The lowest BCUT2D eigenvalue weighted by molar-refractivity contribution is -0.199. The number of likely N-dealkylation sites (tertiary alicyclic amines) is 1. The number of carbonyl (C=O) groups is 2. The summed E-state index contributed by atoms with van der Waals surface area (Å²) in [6.45, 7) is -0.918. The summed E-state index contributed by atoms with van der Waals surface area (Å²) in [6, 6.07) is 2.68. The molecule has 2 amide bonds. The summed E-state index contributed by atoms with van der Waals surface area (Å²) in [4.78, 5) is 25.6. The number of aryl methyl sites for hydroxylation is 1. The fourth-order valence-corrected chi connectivity index (χ4v) is 7.04. The topological polar surface area (TPSA) is 125 Å². The van der Waals surface area contributed by atoms with Gasteiger partial charge in [0.15, 0.2) is 9.84 Å². The van der Waals surface area contributed by atoms with E-state index in [1.807, 2.05) is 6.07 Å². The zero-order chi connectivity index (χ0) is 30.2. The van der Waals surface area contributed by atoms with E-state index < -0.39 is 92.5 Å². The molecule has 0 radical (unpaired) electrons. The number of halogens is 6. The van der Waals surface area contributed by atoms with Gasteiger partial charge in [-0.2, -0.15) is 36.7 Å². The fraction of sp³-hybridized carbons (Fsp3) is 0.520. The van der Waals surface area contributed by atoms with Gasteiger partial charge < -0.3 is 10.2 Å². The molecular weight excluding hydrogens is 580 g/mol. The summed E-state index contributed by atoms with van der Waals surface area (Å²) < 4.78 is 112. The molecule has 220 valence electrons. The van der Waals surface area contributed by atoms with Crippen LogP contribution in [-0.2, 0) is 32.7 Å². The molecule has 2 saturated carbocycles. The standard InChI is InChI=1S/C25H23F6N5O4S/c1-35-11-15(10-33-35)14-2-3-19(17(8-14)24(26,27)28)41(39,40)16-9-18(20(37)34-22(13-32)4-5-22)36(12-16)21(38)23(6-7-23)25(29,30)31/h2-3,8,10-11,16,18H,4-7,9,12H2,1H3,(H,34,37)/t16-,18+/m1/s1. The quantitative estimate of drug-likeness (QED) is 0.505. The van der Waals surface area contributed by atoms with Crippen LogP contribution in [0.3, 0.4) is 0 Å². The lowest BCUT2D eigenvalue weighted by atomic mass is 10.0. The Morgan fingerprint density at radius 1 is 1.10 bits per heavy atom. The van der Waals surface area contributed by atoms with Gasteiger partial charge in [-0.3, -0.25) is 14.3 Å². The molecule has 2 aliphatic carbocycles. The Morgan fingerprint density at radius 2 is 1.76 bits per heavy atom. The molecular formula is C25H23F6N5O4S. The van der Waals surface area contributed by atoms with Crippen molar-refractivity contribution in [3.63, 3.8) is 0 Å². The number of aromatic nitrogens is 2. The Morgan fingerprint density at radius 3 is 2.24 bits per heavy atom. The van der Waals surface area contributed by atoms with Crippen LogP contribution < -0.4 is 5.32 Å². The number of amides is 2. The zero-order valence-electron chi connectivity index (χ0n) is 21.4. The molecule has 16 heteroatoms. The average molecular weight is 604 g/mol. The van der Waals surface area contributed by atoms with Gasteiger partial charge in [0.25, 0.3) is 0 Å². The Hall–Kier alpha value is -3.61. The monoisotopic (exact) mass is 603 g/mol. The highest BCUT2D eigenvalue weighted by atomic mass is 32.2. The number of hydrogen-bond donors (Lipinski definition) is 1. The zero-order valence-corrected chi connectivity index (χ0v) is 22.2. The summed E-state index contributed by atoms with van der Waals surface area (Å²) >= 11 is 0. The third-order valence-corrected chi connectivity index (χ3v) is 10.1. The van der Waals surface area contributed by atoms with Crippen molar-refractivity contribution in [2.24, 2.45) is 12.5 Å². The van der Waals surface area contributed by atoms with Crippen LogP contribution in [0.5, 0.6) is 0 Å². The number of rotatable bonds is 6. The predicted octanol–water partition coefficient (Wildman–Crippen LogP) is 3.36. The number of benzene rings is 1. The van der Waals surface area contributed by atoms with Gasteiger partial charge in [-0.1, -0.05) is 6.07 Å². The molecule has 1 aromatic carbocycles. The Kier molecular flexibility index (Phi) is 6.48. The Labute approximate surface area is 230 Å². The number of sulfone groups is 1. The van der Waals surface area contributed by atoms with Crippen molar-refractivity contribution in [1.29, 1.82) is 5.26 Å². The Balaban J connectivity index is 1.52. The molecule has 0 bridgehead atoms. The van der Waals surface area contributed by atoms with Gasteiger partial charge in [-0.15, -0.1) is 0 Å². The Bertz CT molecular complexity index is 1570. The van der Waals surface area contributed by atoms with Crippen LogP contribution >= 0.6 is 0 Å². The number of nitrogens with zero attached hydrogens (tertiary/aromatic N) is 4. The van der Waals surface area contributed by atoms with Crippen LogP contribution in [0, 0.1) is 16.7 Å². The molecule has 1 N–H and O–H groups in total. The summed E-state index contributed by atoms with van der Waals surface area (Å²) in [5.74, 6) is -2.54.